The maximum atomic E-state index is 11.5. The summed E-state index contributed by atoms with van der Waals surface area (Å²) in [5.74, 6) is 1.87. The van der Waals surface area contributed by atoms with E-state index in [1.807, 2.05) is 0 Å². The first-order valence-electron chi connectivity index (χ1n) is 7.35. The molecule has 3 atom stereocenters. The van der Waals surface area contributed by atoms with E-state index in [4.69, 9.17) is 9.47 Å². The number of carbonyl (C=O) groups is 1. The van der Waals surface area contributed by atoms with Crippen LogP contribution in [0.1, 0.15) is 43.7 Å². The first-order chi connectivity index (χ1) is 9.60. The summed E-state index contributed by atoms with van der Waals surface area (Å²) in [6, 6.07) is 6.40. The standard InChI is InChI=1S/C17H24O3/c1-5-12-6-7-16(19-3)14(9-12)11(2)8-13-10-15(13)17(18)20-4/h6-7,9,11,13,15H,5,8,10H2,1-4H3. The van der Waals surface area contributed by atoms with Crippen LogP contribution < -0.4 is 4.74 Å². The molecule has 1 aliphatic rings. The third kappa shape index (κ3) is 3.14. The SMILES string of the molecule is CCc1ccc(OC)c(C(C)CC2CC2C(=O)OC)c1. The quantitative estimate of drug-likeness (QED) is 0.745. The van der Waals surface area contributed by atoms with Gasteiger partial charge in [-0.25, -0.2) is 0 Å². The zero-order valence-corrected chi connectivity index (χ0v) is 12.8. The highest BCUT2D eigenvalue weighted by molar-refractivity contribution is 5.75. The number of methoxy groups -OCH3 is 2. The minimum absolute atomic E-state index is 0.0588. The van der Waals surface area contributed by atoms with Gasteiger partial charge >= 0.3 is 5.97 Å². The average Bonchev–Trinajstić information content (AvgIpc) is 3.24. The molecule has 1 aromatic carbocycles. The van der Waals surface area contributed by atoms with Gasteiger partial charge < -0.3 is 9.47 Å². The second-order valence-electron chi connectivity index (χ2n) is 5.69. The number of ether oxygens (including phenoxy) is 2. The molecule has 0 spiro atoms. The highest BCUT2D eigenvalue weighted by Gasteiger charge is 2.44. The highest BCUT2D eigenvalue weighted by Crippen LogP contribution is 2.46. The summed E-state index contributed by atoms with van der Waals surface area (Å²) < 4.78 is 10.3. The lowest BCUT2D eigenvalue weighted by atomic mass is 9.92. The van der Waals surface area contributed by atoms with Crippen molar-refractivity contribution in [3.8, 4) is 5.75 Å². The Bertz CT molecular complexity index is 481. The van der Waals surface area contributed by atoms with E-state index in [9.17, 15) is 4.79 Å². The molecule has 3 nitrogen and oxygen atoms in total. The van der Waals surface area contributed by atoms with Crippen LogP contribution in [0.15, 0.2) is 18.2 Å². The number of esters is 1. The molecule has 110 valence electrons. The largest absolute Gasteiger partial charge is 0.496 e. The van der Waals surface area contributed by atoms with Gasteiger partial charge in [0, 0.05) is 0 Å². The lowest BCUT2D eigenvalue weighted by molar-refractivity contribution is -0.142. The molecule has 0 radical (unpaired) electrons. The molecule has 0 aliphatic heterocycles. The van der Waals surface area contributed by atoms with E-state index in [0.717, 1.165) is 25.0 Å². The van der Waals surface area contributed by atoms with E-state index in [1.165, 1.54) is 18.2 Å². The minimum Gasteiger partial charge on any atom is -0.496 e. The number of hydrogen-bond donors (Lipinski definition) is 0. The fourth-order valence-corrected chi connectivity index (χ4v) is 2.92. The van der Waals surface area contributed by atoms with Crippen LogP contribution in [0.2, 0.25) is 0 Å². The number of benzene rings is 1. The van der Waals surface area contributed by atoms with Gasteiger partial charge in [-0.15, -0.1) is 0 Å². The predicted octanol–water partition coefficient (Wildman–Crippen LogP) is 3.56. The maximum absolute atomic E-state index is 11.5. The van der Waals surface area contributed by atoms with E-state index in [1.54, 1.807) is 7.11 Å². The van der Waals surface area contributed by atoms with Crippen molar-refractivity contribution in [2.24, 2.45) is 11.8 Å². The minimum atomic E-state index is -0.0588. The van der Waals surface area contributed by atoms with Gasteiger partial charge in [-0.2, -0.15) is 0 Å². The first kappa shape index (κ1) is 14.9. The molecule has 0 heterocycles. The third-order valence-corrected chi connectivity index (χ3v) is 4.32. The Morgan fingerprint density at radius 3 is 2.75 bits per heavy atom. The predicted molar refractivity (Wildman–Crippen MR) is 79.0 cm³/mol. The van der Waals surface area contributed by atoms with Gasteiger partial charge in [0.15, 0.2) is 0 Å². The molecule has 3 heteroatoms. The average molecular weight is 276 g/mol. The van der Waals surface area contributed by atoms with Crippen LogP contribution in [0.3, 0.4) is 0 Å². The zero-order valence-electron chi connectivity index (χ0n) is 12.8. The Balaban J connectivity index is 2.05. The highest BCUT2D eigenvalue weighted by atomic mass is 16.5. The van der Waals surface area contributed by atoms with Gasteiger partial charge in [-0.1, -0.05) is 26.0 Å². The molecule has 1 fully saturated rings. The molecule has 2 rings (SSSR count). The first-order valence-corrected chi connectivity index (χ1v) is 7.35. The van der Waals surface area contributed by atoms with Crippen LogP contribution >= 0.6 is 0 Å². The van der Waals surface area contributed by atoms with Gasteiger partial charge in [0.25, 0.3) is 0 Å². The van der Waals surface area contributed by atoms with Crippen molar-refractivity contribution in [2.75, 3.05) is 14.2 Å². The van der Waals surface area contributed by atoms with Crippen LogP contribution in [0, 0.1) is 11.8 Å². The summed E-state index contributed by atoms with van der Waals surface area (Å²) in [5.41, 5.74) is 2.58. The molecule has 1 aliphatic carbocycles. The Hall–Kier alpha value is -1.51. The fraction of sp³-hybridized carbons (Fsp3) is 0.588. The van der Waals surface area contributed by atoms with Gasteiger partial charge in [-0.3, -0.25) is 4.79 Å². The molecule has 1 saturated carbocycles. The molecule has 0 N–H and O–H groups in total. The molecule has 0 aromatic heterocycles. The van der Waals surface area contributed by atoms with E-state index in [0.29, 0.717) is 11.8 Å². The van der Waals surface area contributed by atoms with E-state index in [2.05, 4.69) is 32.0 Å². The lowest BCUT2D eigenvalue weighted by Gasteiger charge is -2.17. The smallest absolute Gasteiger partial charge is 0.308 e. The summed E-state index contributed by atoms with van der Waals surface area (Å²) in [5, 5.41) is 0. The van der Waals surface area contributed by atoms with Crippen molar-refractivity contribution >= 4 is 5.97 Å². The summed E-state index contributed by atoms with van der Waals surface area (Å²) in [6.45, 7) is 4.37. The van der Waals surface area contributed by atoms with Gasteiger partial charge in [-0.05, 0) is 48.3 Å². The van der Waals surface area contributed by atoms with E-state index >= 15 is 0 Å². The number of carbonyl (C=O) groups excluding carboxylic acids is 1. The Labute approximate surface area is 121 Å². The van der Waals surface area contributed by atoms with Gasteiger partial charge in [0.1, 0.15) is 5.75 Å². The van der Waals surface area contributed by atoms with Crippen LogP contribution in [0.4, 0.5) is 0 Å². The van der Waals surface area contributed by atoms with Crippen molar-refractivity contribution < 1.29 is 14.3 Å². The van der Waals surface area contributed by atoms with Crippen LogP contribution in [-0.2, 0) is 16.0 Å². The molecular formula is C17H24O3. The van der Waals surface area contributed by atoms with Crippen LogP contribution in [0.25, 0.3) is 0 Å². The van der Waals surface area contributed by atoms with Crippen molar-refractivity contribution in [2.45, 2.75) is 39.0 Å². The number of rotatable bonds is 6. The normalized spacial score (nSPS) is 22.2. The molecule has 3 unspecified atom stereocenters. The van der Waals surface area contributed by atoms with Crippen molar-refractivity contribution in [1.29, 1.82) is 0 Å². The number of hydrogen-bond acceptors (Lipinski definition) is 3. The Kier molecular flexibility index (Phi) is 4.69. The van der Waals surface area contributed by atoms with E-state index in [-0.39, 0.29) is 11.9 Å². The molecule has 0 saturated heterocycles. The van der Waals surface area contributed by atoms with Crippen LogP contribution in [0.5, 0.6) is 5.75 Å². The third-order valence-electron chi connectivity index (χ3n) is 4.32. The second-order valence-corrected chi connectivity index (χ2v) is 5.69. The Morgan fingerprint density at radius 1 is 1.40 bits per heavy atom. The number of aryl methyl sites for hydroxylation is 1. The zero-order chi connectivity index (χ0) is 14.7. The van der Waals surface area contributed by atoms with Crippen molar-refractivity contribution in [3.05, 3.63) is 29.3 Å². The topological polar surface area (TPSA) is 35.5 Å². The van der Waals surface area contributed by atoms with Gasteiger partial charge in [0.2, 0.25) is 0 Å². The molecule has 0 amide bonds. The fourth-order valence-electron chi connectivity index (χ4n) is 2.92. The maximum Gasteiger partial charge on any atom is 0.308 e. The molecular weight excluding hydrogens is 252 g/mol. The molecule has 1 aromatic rings. The summed E-state index contributed by atoms with van der Waals surface area (Å²) in [4.78, 5) is 11.5. The van der Waals surface area contributed by atoms with Crippen molar-refractivity contribution in [3.63, 3.8) is 0 Å². The summed E-state index contributed by atoms with van der Waals surface area (Å²) in [7, 11) is 3.18. The Morgan fingerprint density at radius 2 is 2.15 bits per heavy atom. The van der Waals surface area contributed by atoms with Crippen LogP contribution in [-0.4, -0.2) is 20.2 Å². The molecule has 20 heavy (non-hydrogen) atoms. The summed E-state index contributed by atoms with van der Waals surface area (Å²) >= 11 is 0. The molecule has 0 bridgehead atoms. The second kappa shape index (κ2) is 6.29. The summed E-state index contributed by atoms with van der Waals surface area (Å²) in [6.07, 6.45) is 3.01. The van der Waals surface area contributed by atoms with Crippen molar-refractivity contribution in [1.82, 2.24) is 0 Å². The van der Waals surface area contributed by atoms with E-state index < -0.39 is 0 Å². The lowest BCUT2D eigenvalue weighted by Crippen LogP contribution is -2.06. The monoisotopic (exact) mass is 276 g/mol. The van der Waals surface area contributed by atoms with Gasteiger partial charge in [0.05, 0.1) is 20.1 Å².